The minimum atomic E-state index is -0.391. The van der Waals surface area contributed by atoms with Crippen molar-refractivity contribution >= 4 is 0 Å². The van der Waals surface area contributed by atoms with Crippen LogP contribution in [-0.4, -0.2) is 17.8 Å². The minimum Gasteiger partial charge on any atom is -0.392 e. The third-order valence-corrected chi connectivity index (χ3v) is 4.44. The lowest BCUT2D eigenvalue weighted by Gasteiger charge is -2.26. The van der Waals surface area contributed by atoms with E-state index >= 15 is 0 Å². The number of benzene rings is 2. The maximum Gasteiger partial charge on any atom is 0.0717 e. The Labute approximate surface area is 145 Å². The number of ether oxygens (including phenoxy) is 1. The predicted molar refractivity (Wildman–Crippen MR) is 99.7 cm³/mol. The van der Waals surface area contributed by atoms with Crippen molar-refractivity contribution in [1.29, 1.82) is 0 Å². The third kappa shape index (κ3) is 5.95. The van der Waals surface area contributed by atoms with Gasteiger partial charge in [-0.1, -0.05) is 73.7 Å². The van der Waals surface area contributed by atoms with Gasteiger partial charge in [-0.25, -0.2) is 0 Å². The van der Waals surface area contributed by atoms with Crippen molar-refractivity contribution in [3.8, 4) is 0 Å². The quantitative estimate of drug-likeness (QED) is 0.645. The first-order valence-electron chi connectivity index (χ1n) is 8.67. The Morgan fingerprint density at radius 2 is 1.58 bits per heavy atom. The van der Waals surface area contributed by atoms with Crippen LogP contribution in [0.15, 0.2) is 73.3 Å². The summed E-state index contributed by atoms with van der Waals surface area (Å²) in [6.07, 6.45) is 3.10. The zero-order chi connectivity index (χ0) is 17.2. The molecular formula is C22H28O2. The van der Waals surface area contributed by atoms with Crippen molar-refractivity contribution in [1.82, 2.24) is 0 Å². The summed E-state index contributed by atoms with van der Waals surface area (Å²) in [6.45, 7) is 7.25. The van der Waals surface area contributed by atoms with Crippen LogP contribution in [0.25, 0.3) is 0 Å². The normalized spacial score (nSPS) is 14.8. The highest BCUT2D eigenvalue weighted by atomic mass is 16.5. The van der Waals surface area contributed by atoms with Gasteiger partial charge in [0, 0.05) is 5.92 Å². The maximum atomic E-state index is 10.5. The van der Waals surface area contributed by atoms with Crippen LogP contribution in [0.2, 0.25) is 0 Å². The van der Waals surface area contributed by atoms with Gasteiger partial charge in [-0.2, -0.15) is 0 Å². The van der Waals surface area contributed by atoms with Gasteiger partial charge in [-0.15, -0.1) is 6.58 Å². The molecule has 2 aromatic rings. The largest absolute Gasteiger partial charge is 0.392 e. The molecule has 0 aliphatic rings. The molecule has 0 saturated heterocycles. The molecule has 0 fully saturated rings. The van der Waals surface area contributed by atoms with Crippen molar-refractivity contribution in [2.24, 2.45) is 11.8 Å². The molecule has 0 bridgehead atoms. The Balaban J connectivity index is 1.77. The van der Waals surface area contributed by atoms with Gasteiger partial charge in [-0.05, 0) is 29.9 Å². The van der Waals surface area contributed by atoms with Gasteiger partial charge >= 0.3 is 0 Å². The van der Waals surface area contributed by atoms with Gasteiger partial charge in [0.2, 0.25) is 0 Å². The van der Waals surface area contributed by atoms with Crippen molar-refractivity contribution in [3.63, 3.8) is 0 Å². The predicted octanol–water partition coefficient (Wildman–Crippen LogP) is 4.64. The molecule has 0 saturated carbocycles. The third-order valence-electron chi connectivity index (χ3n) is 4.44. The number of aryl methyl sites for hydroxylation is 1. The van der Waals surface area contributed by atoms with Crippen LogP contribution in [0.3, 0.4) is 0 Å². The van der Waals surface area contributed by atoms with Crippen LogP contribution in [0.5, 0.6) is 0 Å². The highest BCUT2D eigenvalue weighted by Gasteiger charge is 2.22. The Morgan fingerprint density at radius 1 is 1.00 bits per heavy atom. The van der Waals surface area contributed by atoms with E-state index in [0.717, 1.165) is 12.8 Å². The second-order valence-electron chi connectivity index (χ2n) is 6.38. The Kier molecular flexibility index (Phi) is 7.73. The number of hydrogen-bond donors (Lipinski definition) is 1. The van der Waals surface area contributed by atoms with Crippen LogP contribution < -0.4 is 0 Å². The van der Waals surface area contributed by atoms with E-state index in [1.807, 2.05) is 42.5 Å². The minimum absolute atomic E-state index is 0.0458. The summed E-state index contributed by atoms with van der Waals surface area (Å²) in [5, 5.41) is 10.5. The van der Waals surface area contributed by atoms with E-state index in [4.69, 9.17) is 4.74 Å². The fourth-order valence-electron chi connectivity index (χ4n) is 2.97. The van der Waals surface area contributed by atoms with E-state index in [0.29, 0.717) is 13.2 Å². The number of rotatable bonds is 10. The summed E-state index contributed by atoms with van der Waals surface area (Å²) in [5.74, 6) is 0.279. The van der Waals surface area contributed by atoms with E-state index in [2.05, 4.69) is 37.8 Å². The summed E-state index contributed by atoms with van der Waals surface area (Å²) in [4.78, 5) is 0. The van der Waals surface area contributed by atoms with Crippen molar-refractivity contribution < 1.29 is 9.84 Å². The lowest BCUT2D eigenvalue weighted by molar-refractivity contribution is 0.0362. The molecule has 0 aliphatic heterocycles. The van der Waals surface area contributed by atoms with Gasteiger partial charge in [-0.3, -0.25) is 0 Å². The van der Waals surface area contributed by atoms with E-state index in [1.54, 1.807) is 0 Å². The van der Waals surface area contributed by atoms with E-state index in [9.17, 15) is 5.11 Å². The summed E-state index contributed by atoms with van der Waals surface area (Å²) in [7, 11) is 0. The second-order valence-corrected chi connectivity index (χ2v) is 6.38. The standard InChI is InChI=1S/C22H28O2/c1-3-21(22(23)15-14-19-10-6-4-7-11-19)18(2)16-24-17-20-12-8-5-9-13-20/h3-13,18,21-23H,1,14-17H2,2H3/t18-,21+,22+/m1/s1. The highest BCUT2D eigenvalue weighted by molar-refractivity contribution is 5.15. The van der Waals surface area contributed by atoms with Gasteiger partial charge in [0.15, 0.2) is 0 Å². The molecule has 0 radical (unpaired) electrons. The first kappa shape index (κ1) is 18.4. The van der Waals surface area contributed by atoms with Crippen LogP contribution in [0, 0.1) is 11.8 Å². The molecule has 0 aliphatic carbocycles. The molecule has 2 rings (SSSR count). The lowest BCUT2D eigenvalue weighted by Crippen LogP contribution is -2.28. The summed E-state index contributed by atoms with van der Waals surface area (Å²) in [6, 6.07) is 20.4. The zero-order valence-corrected chi connectivity index (χ0v) is 14.5. The molecule has 0 unspecified atom stereocenters. The molecule has 0 spiro atoms. The maximum absolute atomic E-state index is 10.5. The smallest absolute Gasteiger partial charge is 0.0717 e. The van der Waals surface area contributed by atoms with E-state index in [-0.39, 0.29) is 11.8 Å². The number of aliphatic hydroxyl groups excluding tert-OH is 1. The molecular weight excluding hydrogens is 296 g/mol. The molecule has 1 N–H and O–H groups in total. The van der Waals surface area contributed by atoms with Gasteiger partial charge < -0.3 is 9.84 Å². The van der Waals surface area contributed by atoms with Crippen molar-refractivity contribution in [2.45, 2.75) is 32.5 Å². The van der Waals surface area contributed by atoms with Crippen molar-refractivity contribution in [2.75, 3.05) is 6.61 Å². The second kappa shape index (κ2) is 10.1. The van der Waals surface area contributed by atoms with Gasteiger partial charge in [0.05, 0.1) is 19.3 Å². The summed E-state index contributed by atoms with van der Waals surface area (Å²) < 4.78 is 5.82. The number of aliphatic hydroxyl groups is 1. The summed E-state index contributed by atoms with van der Waals surface area (Å²) >= 11 is 0. The monoisotopic (exact) mass is 324 g/mol. The Hall–Kier alpha value is -1.90. The van der Waals surface area contributed by atoms with Crippen LogP contribution >= 0.6 is 0 Å². The van der Waals surface area contributed by atoms with Gasteiger partial charge in [0.1, 0.15) is 0 Å². The Bertz CT molecular complexity index is 579. The highest BCUT2D eigenvalue weighted by Crippen LogP contribution is 2.22. The topological polar surface area (TPSA) is 29.5 Å². The molecule has 2 aromatic carbocycles. The van der Waals surface area contributed by atoms with Crippen molar-refractivity contribution in [3.05, 3.63) is 84.4 Å². The molecule has 2 nitrogen and oxygen atoms in total. The molecule has 2 heteroatoms. The van der Waals surface area contributed by atoms with Crippen LogP contribution in [0.4, 0.5) is 0 Å². The number of hydrogen-bond acceptors (Lipinski definition) is 2. The van der Waals surface area contributed by atoms with Crippen LogP contribution in [0.1, 0.15) is 24.5 Å². The molecule has 0 heterocycles. The lowest BCUT2D eigenvalue weighted by atomic mass is 9.86. The average Bonchev–Trinajstić information content (AvgIpc) is 2.62. The van der Waals surface area contributed by atoms with E-state index < -0.39 is 6.10 Å². The fraction of sp³-hybridized carbons (Fsp3) is 0.364. The molecule has 3 atom stereocenters. The summed E-state index contributed by atoms with van der Waals surface area (Å²) in [5.41, 5.74) is 2.43. The zero-order valence-electron chi connectivity index (χ0n) is 14.5. The SMILES string of the molecule is C=C[C@@H]([C@H](C)COCc1ccccc1)[C@@H](O)CCc1ccccc1. The molecule has 128 valence electrons. The molecule has 0 aromatic heterocycles. The Morgan fingerprint density at radius 3 is 2.17 bits per heavy atom. The molecule has 0 amide bonds. The average molecular weight is 324 g/mol. The van der Waals surface area contributed by atoms with E-state index in [1.165, 1.54) is 11.1 Å². The van der Waals surface area contributed by atoms with Crippen LogP contribution in [-0.2, 0) is 17.8 Å². The molecule has 24 heavy (non-hydrogen) atoms. The fourth-order valence-corrected chi connectivity index (χ4v) is 2.97. The van der Waals surface area contributed by atoms with Gasteiger partial charge in [0.25, 0.3) is 0 Å². The first-order chi connectivity index (χ1) is 11.7. The first-order valence-corrected chi connectivity index (χ1v) is 8.67.